The zero-order valence-electron chi connectivity index (χ0n) is 49.3. The summed E-state index contributed by atoms with van der Waals surface area (Å²) >= 11 is 0.797. The minimum atomic E-state index is -5.95. The number of carbonyl (C=O) groups excluding carboxylic acids is 10. The molecule has 0 bridgehead atoms. The molecule has 0 spiro atoms. The average molecular weight is 1300 g/mol. The van der Waals surface area contributed by atoms with Gasteiger partial charge in [0.05, 0.1) is 22.5 Å². The maximum absolute atomic E-state index is 15.1. The number of piperidine rings is 1. The molecule has 9 rings (SSSR count). The number of hydrogen-bond acceptors (Lipinski definition) is 15. The number of primary amides is 1. The number of thiophene rings is 1. The van der Waals surface area contributed by atoms with E-state index in [0.717, 1.165) is 47.2 Å². The molecule has 4 aromatic rings. The van der Waals surface area contributed by atoms with Gasteiger partial charge in [-0.15, -0.1) is 11.3 Å². The molecule has 6 atom stereocenters. The highest BCUT2D eigenvalue weighted by atomic mass is 32.1. The summed E-state index contributed by atoms with van der Waals surface area (Å²) in [6.45, 7) is 6.44. The lowest BCUT2D eigenvalue weighted by Gasteiger charge is -2.39. The average Bonchev–Trinajstić information content (AvgIpc) is 1.61. The second kappa shape index (κ2) is 27.0. The summed E-state index contributed by atoms with van der Waals surface area (Å²) in [5.41, 5.74) is 0.833. The van der Waals surface area contributed by atoms with Crippen molar-refractivity contribution in [2.45, 2.75) is 126 Å². The number of alkyl halides is 4. The number of nitrogens with zero attached hydrogens (tertiary/aromatic N) is 5. The van der Waals surface area contributed by atoms with Gasteiger partial charge in [0, 0.05) is 93.6 Å². The van der Waals surface area contributed by atoms with E-state index in [0.29, 0.717) is 30.1 Å². The van der Waals surface area contributed by atoms with Gasteiger partial charge in [0.15, 0.2) is 0 Å². The maximum atomic E-state index is 15.1. The summed E-state index contributed by atoms with van der Waals surface area (Å²) in [5, 5.41) is 13.3. The fourth-order valence-corrected chi connectivity index (χ4v) is 13.5. The monoisotopic (exact) mass is 1300 g/mol. The van der Waals surface area contributed by atoms with E-state index in [2.05, 4.69) is 26.6 Å². The number of piperazine rings is 1. The molecule has 10 amide bonds. The number of hydrogen-bond donors (Lipinski definition) is 8. The van der Waals surface area contributed by atoms with Crippen LogP contribution >= 0.6 is 18.9 Å². The van der Waals surface area contributed by atoms with Crippen LogP contribution < -0.4 is 32.3 Å². The molecule has 5 aliphatic rings. The normalized spacial score (nSPS) is 21.1. The molecule has 31 heteroatoms. The van der Waals surface area contributed by atoms with Gasteiger partial charge in [0.1, 0.15) is 36.0 Å². The number of benzene rings is 3. The topological polar surface area (TPSA) is 331 Å². The summed E-state index contributed by atoms with van der Waals surface area (Å²) in [6, 6.07) is 6.08. The molecule has 3 aromatic carbocycles. The summed E-state index contributed by atoms with van der Waals surface area (Å²) in [6.07, 6.45) is -3.49. The molecule has 0 aliphatic carbocycles. The molecule has 3 unspecified atom stereocenters. The van der Waals surface area contributed by atoms with E-state index in [1.807, 2.05) is 49.9 Å². The van der Waals surface area contributed by atoms with E-state index in [1.54, 1.807) is 4.90 Å². The van der Waals surface area contributed by atoms with Gasteiger partial charge in [-0.05, 0) is 84.4 Å². The molecule has 6 heterocycles. The van der Waals surface area contributed by atoms with Crippen molar-refractivity contribution in [3.8, 4) is 0 Å². The van der Waals surface area contributed by atoms with Crippen molar-refractivity contribution in [3.05, 3.63) is 99.2 Å². The number of amides is 10. The Morgan fingerprint density at radius 3 is 2.17 bits per heavy atom. The molecule has 9 N–H and O–H groups in total. The Morgan fingerprint density at radius 1 is 0.822 bits per heavy atom. The number of anilines is 1. The van der Waals surface area contributed by atoms with Crippen molar-refractivity contribution in [2.24, 2.45) is 5.73 Å². The van der Waals surface area contributed by atoms with Crippen LogP contribution in [-0.2, 0) is 55.6 Å². The molecule has 5 aliphatic heterocycles. The first-order chi connectivity index (χ1) is 42.4. The molecule has 4 fully saturated rings. The van der Waals surface area contributed by atoms with Gasteiger partial charge in [-0.1, -0.05) is 51.1 Å². The summed E-state index contributed by atoms with van der Waals surface area (Å²) in [7, 11) is -5.95. The molecular formula is C59H69F5N11O13PS. The maximum Gasteiger partial charge on any atom is 0.399 e. The van der Waals surface area contributed by atoms with Gasteiger partial charge in [-0.25, -0.2) is 13.2 Å². The van der Waals surface area contributed by atoms with E-state index in [1.165, 1.54) is 15.9 Å². The van der Waals surface area contributed by atoms with Gasteiger partial charge in [-0.2, -0.15) is 8.78 Å². The highest BCUT2D eigenvalue weighted by Gasteiger charge is 2.51. The van der Waals surface area contributed by atoms with Crippen LogP contribution in [0.2, 0.25) is 0 Å². The summed E-state index contributed by atoms with van der Waals surface area (Å²) in [5.74, 6) is -9.02. The number of halogens is 5. The first kappa shape index (κ1) is 66.7. The van der Waals surface area contributed by atoms with Crippen LogP contribution in [0.5, 0.6) is 0 Å². The van der Waals surface area contributed by atoms with Crippen LogP contribution in [0.15, 0.2) is 60.7 Å². The molecule has 24 nitrogen and oxygen atoms in total. The number of imide groups is 2. The van der Waals surface area contributed by atoms with E-state index < -0.39 is 151 Å². The zero-order chi connectivity index (χ0) is 65.3. The van der Waals surface area contributed by atoms with Crippen LogP contribution in [0.1, 0.15) is 113 Å². The molecule has 0 radical (unpaired) electrons. The molecule has 1 aromatic heterocycles. The number of nitrogens with one attached hydrogen (secondary N) is 5. The lowest BCUT2D eigenvalue weighted by Crippen LogP contribution is -2.62. The predicted molar refractivity (Wildman–Crippen MR) is 315 cm³/mol. The van der Waals surface area contributed by atoms with Crippen molar-refractivity contribution in [1.82, 2.24) is 45.8 Å². The largest absolute Gasteiger partial charge is 0.399 e. The summed E-state index contributed by atoms with van der Waals surface area (Å²) in [4.78, 5) is 162. The Hall–Kier alpha value is -7.76. The third-order valence-electron chi connectivity index (χ3n) is 16.9. The second-order valence-electron chi connectivity index (χ2n) is 24.1. The number of nitrogens with two attached hydrogens (primary N) is 1. The standard InChI is InChI=1S/C59H69F5N11O13PS/c1-58(2,3)33-6-4-31(5-7-33)26-39(54(82)73-24-22-71(23-25-73)21-19-66-37-11-10-36(60)48-49(37)57(85)75(56(48)84)42-14-17-47(77)70-52(42)80)68-50(78)38(12-16-46(65)76)67-51(79)41-13-9-35-18-20-72(30-45(61)62)29-40(55(83)74(35)41)69-53(81)44-28-32-27-34(8-15-43(32)90-44)59(63,64)89(86,87)88/h4-8,10-11,15,27-28,35,38-42,45,66H,9,12-14,16-26,29-30H2,1-3H3,(H2,65,76)(H,67,79)(H,68,78)(H,69,81)(H,70,77,80)(H2,86,87,88)/t35-,38?,39?,40+,41+,42?/m1/s1. The van der Waals surface area contributed by atoms with E-state index in [4.69, 9.17) is 5.73 Å². The first-order valence-electron chi connectivity index (χ1n) is 29.3. The van der Waals surface area contributed by atoms with E-state index >= 15 is 4.39 Å². The first-order valence-corrected chi connectivity index (χ1v) is 31.7. The van der Waals surface area contributed by atoms with Crippen molar-refractivity contribution in [1.29, 1.82) is 0 Å². The summed E-state index contributed by atoms with van der Waals surface area (Å²) < 4.78 is 84.2. The Morgan fingerprint density at radius 2 is 1.51 bits per heavy atom. The fraction of sp³-hybridized carbons (Fsp3) is 0.492. The lowest BCUT2D eigenvalue weighted by molar-refractivity contribution is -0.144. The van der Waals surface area contributed by atoms with Crippen LogP contribution in [0, 0.1) is 5.82 Å². The predicted octanol–water partition coefficient (Wildman–Crippen LogP) is 3.13. The SMILES string of the molecule is CC(C)(C)c1ccc(CC(NC(=O)C(CCC(N)=O)NC(=O)[C@@H]2CC[C@@H]3CCN(CC(F)F)C[C@H](NC(=O)c4cc5cc(C(F)(F)P(=O)(O)O)ccc5s4)C(=O)N32)C(=O)N2CCN(CCNc3ccc(F)c4c3C(=O)N(C3CCC(=O)NC3=O)C4=O)CC2)cc1. The minimum Gasteiger partial charge on any atom is -0.383 e. The molecule has 90 heavy (non-hydrogen) atoms. The lowest BCUT2D eigenvalue weighted by atomic mass is 9.86. The van der Waals surface area contributed by atoms with Gasteiger partial charge in [0.2, 0.25) is 41.4 Å². The van der Waals surface area contributed by atoms with Crippen molar-refractivity contribution < 1.29 is 84.2 Å². The minimum absolute atomic E-state index is 0.00543. The van der Waals surface area contributed by atoms with Crippen molar-refractivity contribution in [2.75, 3.05) is 64.2 Å². The quantitative estimate of drug-likeness (QED) is 0.0338. The van der Waals surface area contributed by atoms with Gasteiger partial charge >= 0.3 is 13.3 Å². The smallest absolute Gasteiger partial charge is 0.383 e. The highest BCUT2D eigenvalue weighted by molar-refractivity contribution is 7.52. The zero-order valence-corrected chi connectivity index (χ0v) is 51.0. The number of fused-ring (bicyclic) bond motifs is 3. The molecule has 0 saturated carbocycles. The van der Waals surface area contributed by atoms with Gasteiger partial charge < -0.3 is 46.6 Å². The number of rotatable bonds is 21. The molecule has 484 valence electrons. The Bertz CT molecular complexity index is 3560. The van der Waals surface area contributed by atoms with Crippen molar-refractivity contribution in [3.63, 3.8) is 0 Å². The molecule has 4 saturated heterocycles. The third-order valence-corrected chi connectivity index (χ3v) is 19.0. The van der Waals surface area contributed by atoms with Crippen LogP contribution in [-0.4, -0.2) is 195 Å². The van der Waals surface area contributed by atoms with E-state index in [-0.39, 0.29) is 103 Å². The Balaban J connectivity index is 0.882. The van der Waals surface area contributed by atoms with Crippen LogP contribution in [0.3, 0.4) is 0 Å². The van der Waals surface area contributed by atoms with Gasteiger partial charge in [0.25, 0.3) is 24.1 Å². The fourth-order valence-electron chi connectivity index (χ4n) is 12.0. The Labute approximate surface area is 516 Å². The Kier molecular flexibility index (Phi) is 20.0. The second-order valence-corrected chi connectivity index (χ2v) is 26.8. The van der Waals surface area contributed by atoms with E-state index in [9.17, 15) is 79.9 Å². The third kappa shape index (κ3) is 14.7. The van der Waals surface area contributed by atoms with Crippen molar-refractivity contribution >= 4 is 93.8 Å². The molecular weight excluding hydrogens is 1230 g/mol. The van der Waals surface area contributed by atoms with Gasteiger partial charge in [-0.3, -0.25) is 72.5 Å². The van der Waals surface area contributed by atoms with Crippen LogP contribution in [0.25, 0.3) is 10.1 Å². The highest BCUT2D eigenvalue weighted by Crippen LogP contribution is 2.59. The number of carbonyl (C=O) groups is 10. The van der Waals surface area contributed by atoms with Crippen LogP contribution in [0.4, 0.5) is 27.6 Å².